The van der Waals surface area contributed by atoms with Gasteiger partial charge in [0, 0.05) is 32.7 Å². The number of nitrogens with zero attached hydrogens (tertiary/aromatic N) is 2. The van der Waals surface area contributed by atoms with E-state index in [-0.39, 0.29) is 23.6 Å². The molecule has 1 saturated heterocycles. The summed E-state index contributed by atoms with van der Waals surface area (Å²) in [6, 6.07) is 6.58. The number of benzene rings is 1. The first-order valence-electron chi connectivity index (χ1n) is 9.19. The first-order chi connectivity index (χ1) is 12.5. The highest BCUT2D eigenvalue weighted by Gasteiger charge is 2.52. The van der Waals surface area contributed by atoms with Gasteiger partial charge in [0.05, 0.1) is 11.8 Å². The normalized spacial score (nSPS) is 30.7. The molecule has 0 aromatic heterocycles. The van der Waals surface area contributed by atoms with Crippen molar-refractivity contribution in [2.75, 3.05) is 26.2 Å². The summed E-state index contributed by atoms with van der Waals surface area (Å²) in [7, 11) is 0. The zero-order chi connectivity index (χ0) is 18.3. The zero-order valence-corrected chi connectivity index (χ0v) is 14.6. The van der Waals surface area contributed by atoms with Crippen molar-refractivity contribution in [1.29, 1.82) is 0 Å². The molecular weight excluding hydrogens is 335 g/mol. The van der Waals surface area contributed by atoms with Crippen LogP contribution in [0.15, 0.2) is 36.4 Å². The number of carboxylic acid groups (broad SMARTS) is 1. The number of piperazine rings is 1. The van der Waals surface area contributed by atoms with Crippen molar-refractivity contribution in [3.8, 4) is 0 Å². The minimum Gasteiger partial charge on any atom is -0.481 e. The lowest BCUT2D eigenvalue weighted by Gasteiger charge is -2.37. The van der Waals surface area contributed by atoms with Crippen molar-refractivity contribution in [3.05, 3.63) is 47.8 Å². The van der Waals surface area contributed by atoms with E-state index in [0.29, 0.717) is 19.6 Å². The molecule has 5 nitrogen and oxygen atoms in total. The fourth-order valence-electron chi connectivity index (χ4n) is 4.73. The average Bonchev–Trinajstić information content (AvgIpc) is 3.23. The summed E-state index contributed by atoms with van der Waals surface area (Å²) < 4.78 is 13.3. The van der Waals surface area contributed by atoms with Crippen LogP contribution in [-0.2, 0) is 16.1 Å². The molecule has 1 aliphatic heterocycles. The van der Waals surface area contributed by atoms with E-state index >= 15 is 0 Å². The SMILES string of the molecule is O=C(O)[C@H]1[C@@H](C(=O)N2CCN(Cc3cccc(F)c3)CC2)[C@H]2C=C[C@H]1C2. The Morgan fingerprint density at radius 3 is 2.42 bits per heavy atom. The number of carbonyl (C=O) groups is 2. The van der Waals surface area contributed by atoms with Crippen molar-refractivity contribution in [2.45, 2.75) is 13.0 Å². The van der Waals surface area contributed by atoms with Gasteiger partial charge in [-0.2, -0.15) is 0 Å². The van der Waals surface area contributed by atoms with E-state index in [1.54, 1.807) is 6.07 Å². The van der Waals surface area contributed by atoms with Gasteiger partial charge in [-0.15, -0.1) is 0 Å². The third-order valence-corrected chi connectivity index (χ3v) is 6.01. The topological polar surface area (TPSA) is 60.9 Å². The van der Waals surface area contributed by atoms with Gasteiger partial charge in [-0.25, -0.2) is 4.39 Å². The molecular formula is C20H23FN2O3. The zero-order valence-electron chi connectivity index (χ0n) is 14.6. The maximum absolute atomic E-state index is 13.3. The molecule has 0 radical (unpaired) electrons. The van der Waals surface area contributed by atoms with E-state index in [1.807, 2.05) is 23.1 Å². The second kappa shape index (κ2) is 6.83. The van der Waals surface area contributed by atoms with Crippen LogP contribution in [0.1, 0.15) is 12.0 Å². The smallest absolute Gasteiger partial charge is 0.307 e. The van der Waals surface area contributed by atoms with E-state index in [0.717, 1.165) is 25.1 Å². The summed E-state index contributed by atoms with van der Waals surface area (Å²) in [5, 5.41) is 9.54. The molecule has 0 spiro atoms. The summed E-state index contributed by atoms with van der Waals surface area (Å²) in [6.07, 6.45) is 4.77. The molecule has 4 rings (SSSR count). The van der Waals surface area contributed by atoms with Gasteiger partial charge in [0.25, 0.3) is 0 Å². The number of fused-ring (bicyclic) bond motifs is 2. The average molecular weight is 358 g/mol. The van der Waals surface area contributed by atoms with E-state index in [4.69, 9.17) is 0 Å². The molecule has 1 heterocycles. The van der Waals surface area contributed by atoms with Gasteiger partial charge < -0.3 is 10.0 Å². The molecule has 138 valence electrons. The number of carboxylic acids is 1. The van der Waals surface area contributed by atoms with Gasteiger partial charge in [-0.3, -0.25) is 14.5 Å². The molecule has 2 bridgehead atoms. The third kappa shape index (κ3) is 3.14. The quantitative estimate of drug-likeness (QED) is 0.837. The lowest BCUT2D eigenvalue weighted by molar-refractivity contribution is -0.151. The fourth-order valence-corrected chi connectivity index (χ4v) is 4.73. The van der Waals surface area contributed by atoms with E-state index in [2.05, 4.69) is 4.90 Å². The maximum Gasteiger partial charge on any atom is 0.307 e. The summed E-state index contributed by atoms with van der Waals surface area (Å²) in [5.74, 6) is -2.04. The predicted octanol–water partition coefficient (Wildman–Crippen LogP) is 1.99. The van der Waals surface area contributed by atoms with Crippen molar-refractivity contribution >= 4 is 11.9 Å². The van der Waals surface area contributed by atoms with Gasteiger partial charge in [0.2, 0.25) is 5.91 Å². The molecule has 0 unspecified atom stereocenters. The summed E-state index contributed by atoms with van der Waals surface area (Å²) in [6.45, 7) is 3.29. The molecule has 4 atom stereocenters. The Bertz CT molecular complexity index is 742. The van der Waals surface area contributed by atoms with E-state index in [1.165, 1.54) is 12.1 Å². The lowest BCUT2D eigenvalue weighted by Crippen LogP contribution is -2.52. The Morgan fingerprint density at radius 2 is 1.77 bits per heavy atom. The number of hydrogen-bond acceptors (Lipinski definition) is 3. The van der Waals surface area contributed by atoms with Crippen molar-refractivity contribution in [2.24, 2.45) is 23.7 Å². The predicted molar refractivity (Wildman–Crippen MR) is 93.6 cm³/mol. The number of hydrogen-bond donors (Lipinski definition) is 1. The molecule has 1 aromatic rings. The summed E-state index contributed by atoms with van der Waals surface area (Å²) >= 11 is 0. The van der Waals surface area contributed by atoms with Crippen LogP contribution in [0.2, 0.25) is 0 Å². The molecule has 1 amide bonds. The Labute approximate surface area is 152 Å². The highest BCUT2D eigenvalue weighted by Crippen LogP contribution is 2.48. The minimum absolute atomic E-state index is 0.000663. The van der Waals surface area contributed by atoms with Gasteiger partial charge in [-0.05, 0) is 36.0 Å². The summed E-state index contributed by atoms with van der Waals surface area (Å²) in [5.41, 5.74) is 0.925. The fraction of sp³-hybridized carbons (Fsp3) is 0.500. The lowest BCUT2D eigenvalue weighted by atomic mass is 9.82. The van der Waals surface area contributed by atoms with E-state index in [9.17, 15) is 19.1 Å². The molecule has 2 aliphatic carbocycles. The first kappa shape index (κ1) is 17.2. The highest BCUT2D eigenvalue weighted by atomic mass is 19.1. The number of halogens is 1. The van der Waals surface area contributed by atoms with Crippen LogP contribution < -0.4 is 0 Å². The van der Waals surface area contributed by atoms with Crippen LogP contribution >= 0.6 is 0 Å². The van der Waals surface area contributed by atoms with Crippen LogP contribution in [0.25, 0.3) is 0 Å². The Kier molecular flexibility index (Phi) is 4.53. The van der Waals surface area contributed by atoms with Crippen LogP contribution in [0.4, 0.5) is 4.39 Å². The minimum atomic E-state index is -0.857. The van der Waals surface area contributed by atoms with Gasteiger partial charge >= 0.3 is 5.97 Å². The van der Waals surface area contributed by atoms with Crippen molar-refractivity contribution in [3.63, 3.8) is 0 Å². The molecule has 1 N–H and O–H groups in total. The van der Waals surface area contributed by atoms with Crippen LogP contribution in [-0.4, -0.2) is 53.0 Å². The van der Waals surface area contributed by atoms with Crippen LogP contribution in [0.5, 0.6) is 0 Å². The number of rotatable bonds is 4. The Hall–Kier alpha value is -2.21. The number of aliphatic carboxylic acids is 1. The van der Waals surface area contributed by atoms with Crippen molar-refractivity contribution in [1.82, 2.24) is 9.80 Å². The summed E-state index contributed by atoms with van der Waals surface area (Å²) in [4.78, 5) is 28.6. The molecule has 26 heavy (non-hydrogen) atoms. The standard InChI is InChI=1S/C20H23FN2O3/c21-16-3-1-2-13(10-16)12-22-6-8-23(9-7-22)19(24)17-14-4-5-15(11-14)18(17)20(25)26/h1-5,10,14-15,17-18H,6-9,11-12H2,(H,25,26)/t14-,15-,17-,18+/m0/s1. The number of amides is 1. The maximum atomic E-state index is 13.3. The second-order valence-corrected chi connectivity index (χ2v) is 7.57. The Balaban J connectivity index is 1.36. The molecule has 2 fully saturated rings. The van der Waals surface area contributed by atoms with Crippen LogP contribution in [0, 0.1) is 29.5 Å². The molecule has 3 aliphatic rings. The molecule has 1 saturated carbocycles. The van der Waals surface area contributed by atoms with Gasteiger partial charge in [0.1, 0.15) is 5.82 Å². The molecule has 1 aromatic carbocycles. The monoisotopic (exact) mass is 358 g/mol. The van der Waals surface area contributed by atoms with E-state index < -0.39 is 17.8 Å². The van der Waals surface area contributed by atoms with Gasteiger partial charge in [0.15, 0.2) is 0 Å². The van der Waals surface area contributed by atoms with Crippen LogP contribution in [0.3, 0.4) is 0 Å². The largest absolute Gasteiger partial charge is 0.481 e. The molecule has 6 heteroatoms. The third-order valence-electron chi connectivity index (χ3n) is 6.01. The second-order valence-electron chi connectivity index (χ2n) is 7.57. The number of carbonyl (C=O) groups excluding carboxylic acids is 1. The van der Waals surface area contributed by atoms with Gasteiger partial charge in [-0.1, -0.05) is 24.3 Å². The Morgan fingerprint density at radius 1 is 1.08 bits per heavy atom. The highest BCUT2D eigenvalue weighted by molar-refractivity contribution is 5.87. The van der Waals surface area contributed by atoms with Crippen molar-refractivity contribution < 1.29 is 19.1 Å². The number of allylic oxidation sites excluding steroid dienone is 2. The first-order valence-corrected chi connectivity index (χ1v) is 9.19.